The lowest BCUT2D eigenvalue weighted by molar-refractivity contribution is -0.137. The first-order chi connectivity index (χ1) is 20.6. The molecule has 4 aromatic rings. The number of alkyl halides is 3. The molecule has 0 aliphatic heterocycles. The molecular weight excluding hydrogens is 588 g/mol. The number of halogens is 3. The lowest BCUT2D eigenvalue weighted by Crippen LogP contribution is -2.21. The van der Waals surface area contributed by atoms with E-state index in [1.807, 2.05) is 0 Å². The van der Waals surface area contributed by atoms with Crippen LogP contribution in [-0.4, -0.2) is 56.5 Å². The minimum absolute atomic E-state index is 0.00399. The van der Waals surface area contributed by atoms with Crippen molar-refractivity contribution in [2.75, 3.05) is 31.4 Å². The van der Waals surface area contributed by atoms with E-state index in [0.717, 1.165) is 5.56 Å². The van der Waals surface area contributed by atoms with E-state index in [-0.39, 0.29) is 38.6 Å². The molecule has 4 rings (SSSR count). The number of rotatable bonds is 12. The number of nitrogens with one attached hydrogen (secondary N) is 3. The maximum atomic E-state index is 14.0. The molecule has 43 heavy (non-hydrogen) atoms. The topological polar surface area (TPSA) is 156 Å². The van der Waals surface area contributed by atoms with E-state index < -0.39 is 23.5 Å². The molecule has 0 saturated heterocycles. The lowest BCUT2D eigenvalue weighted by Gasteiger charge is -2.17. The zero-order valence-electron chi connectivity index (χ0n) is 23.4. The first-order valence-corrected chi connectivity index (χ1v) is 13.9. The number of carbonyl (C=O) groups excluding carboxylic acids is 1. The number of ether oxygens (including phenoxy) is 1. The van der Waals surface area contributed by atoms with Gasteiger partial charge in [-0.25, -0.2) is 9.97 Å². The molecule has 0 atom stereocenters. The van der Waals surface area contributed by atoms with Crippen LogP contribution in [0.2, 0.25) is 0 Å². The molecule has 12 nitrogen and oxygen atoms in total. The molecule has 0 saturated carbocycles. The van der Waals surface area contributed by atoms with Gasteiger partial charge in [-0.3, -0.25) is 14.0 Å². The van der Waals surface area contributed by atoms with E-state index in [0.29, 0.717) is 47.6 Å². The van der Waals surface area contributed by atoms with Gasteiger partial charge >= 0.3 is 6.18 Å². The first kappa shape index (κ1) is 31.3. The van der Waals surface area contributed by atoms with Crippen LogP contribution in [0.25, 0.3) is 11.3 Å². The molecule has 16 heteroatoms. The smallest absolute Gasteiger partial charge is 0.421 e. The van der Waals surface area contributed by atoms with Crippen molar-refractivity contribution in [2.24, 2.45) is 0 Å². The third-order valence-corrected chi connectivity index (χ3v) is 6.71. The van der Waals surface area contributed by atoms with Gasteiger partial charge in [-0.2, -0.15) is 23.3 Å². The molecule has 0 aliphatic carbocycles. The zero-order valence-corrected chi connectivity index (χ0v) is 24.3. The van der Waals surface area contributed by atoms with Crippen molar-refractivity contribution in [3.63, 3.8) is 0 Å². The predicted octanol–water partition coefficient (Wildman–Crippen LogP) is 5.09. The summed E-state index contributed by atoms with van der Waals surface area (Å²) >= 11 is 0. The van der Waals surface area contributed by atoms with Crippen molar-refractivity contribution in [2.45, 2.75) is 32.2 Å². The second-order valence-corrected chi connectivity index (χ2v) is 9.74. The summed E-state index contributed by atoms with van der Waals surface area (Å²) in [7, 11) is 2.71. The minimum atomic E-state index is -4.82. The Morgan fingerprint density at radius 1 is 1.14 bits per heavy atom. The van der Waals surface area contributed by atoms with E-state index in [1.54, 1.807) is 42.1 Å². The van der Waals surface area contributed by atoms with Crippen LogP contribution in [0.4, 0.5) is 36.3 Å². The van der Waals surface area contributed by atoms with Gasteiger partial charge in [0, 0.05) is 38.2 Å². The number of aliphatic hydroxyl groups excluding tert-OH is 1. The molecule has 0 spiro atoms. The minimum Gasteiger partial charge on any atom is -0.495 e. The van der Waals surface area contributed by atoms with Gasteiger partial charge in [0.15, 0.2) is 14.2 Å². The van der Waals surface area contributed by atoms with E-state index >= 15 is 0 Å². The number of pyridine rings is 1. The fraction of sp³-hybridized carbons (Fsp3) is 0.296. The van der Waals surface area contributed by atoms with Gasteiger partial charge in [0.05, 0.1) is 36.0 Å². The molecule has 0 bridgehead atoms. The number of hydrogen-bond acceptors (Lipinski definition) is 10. The zero-order chi connectivity index (χ0) is 31.1. The number of nitrogens with zero attached hydrogens (tertiary/aromatic N) is 5. The first-order valence-electron chi connectivity index (χ1n) is 12.9. The van der Waals surface area contributed by atoms with Crippen LogP contribution in [0.3, 0.4) is 0 Å². The quantitative estimate of drug-likeness (QED) is 0.158. The number of methoxy groups -OCH3 is 1. The predicted molar refractivity (Wildman–Crippen MR) is 153 cm³/mol. The van der Waals surface area contributed by atoms with Crippen molar-refractivity contribution in [1.29, 1.82) is 0 Å². The van der Waals surface area contributed by atoms with Crippen molar-refractivity contribution >= 4 is 37.5 Å². The fourth-order valence-electron chi connectivity index (χ4n) is 4.12. The van der Waals surface area contributed by atoms with Crippen LogP contribution in [-0.2, 0) is 23.4 Å². The Balaban J connectivity index is 1.72. The Hall–Kier alpha value is -4.62. The highest BCUT2D eigenvalue weighted by molar-refractivity contribution is 7.22. The Labute approximate surface area is 245 Å². The van der Waals surface area contributed by atoms with Crippen molar-refractivity contribution in [1.82, 2.24) is 30.0 Å². The van der Waals surface area contributed by atoms with Gasteiger partial charge in [-0.05, 0) is 43.2 Å². The maximum Gasteiger partial charge on any atom is 0.421 e. The summed E-state index contributed by atoms with van der Waals surface area (Å²) in [6.45, 7) is 2.23. The Kier molecular flexibility index (Phi) is 9.88. The molecule has 0 radical (unpaired) electrons. The Morgan fingerprint density at radius 3 is 2.58 bits per heavy atom. The summed E-state index contributed by atoms with van der Waals surface area (Å²) in [6, 6.07) is 7.91. The van der Waals surface area contributed by atoms with Gasteiger partial charge < -0.3 is 25.8 Å². The molecule has 3 aromatic heterocycles. The van der Waals surface area contributed by atoms with Crippen molar-refractivity contribution in [3.8, 4) is 17.0 Å². The average molecular weight is 617 g/mol. The average Bonchev–Trinajstić information content (AvgIpc) is 3.36. The summed E-state index contributed by atoms with van der Waals surface area (Å²) in [6.07, 6.45) is -1.72. The van der Waals surface area contributed by atoms with Crippen LogP contribution >= 0.6 is 8.46 Å². The number of hydrogen-bond donors (Lipinski definition) is 4. The maximum absolute atomic E-state index is 14.0. The van der Waals surface area contributed by atoms with Gasteiger partial charge in [0.2, 0.25) is 5.95 Å². The van der Waals surface area contributed by atoms with Crippen LogP contribution in [0, 0.1) is 6.92 Å². The highest BCUT2D eigenvalue weighted by Crippen LogP contribution is 2.37. The fourth-order valence-corrected chi connectivity index (χ4v) is 4.47. The molecule has 4 N–H and O–H groups in total. The number of aromatic nitrogens is 5. The largest absolute Gasteiger partial charge is 0.495 e. The van der Waals surface area contributed by atoms with E-state index in [2.05, 4.69) is 36.0 Å². The Bertz CT molecular complexity index is 1630. The highest BCUT2D eigenvalue weighted by Gasteiger charge is 2.36. The Morgan fingerprint density at radius 2 is 1.91 bits per heavy atom. The molecule has 3 heterocycles. The van der Waals surface area contributed by atoms with Crippen molar-refractivity contribution in [3.05, 3.63) is 65.2 Å². The molecular formula is C27H28F3N8O4P. The summed E-state index contributed by atoms with van der Waals surface area (Å²) in [5, 5.41) is 21.4. The number of amides is 1. The lowest BCUT2D eigenvalue weighted by atomic mass is 10.1. The summed E-state index contributed by atoms with van der Waals surface area (Å²) in [5.74, 6) is -1.09. The van der Waals surface area contributed by atoms with E-state index in [4.69, 9.17) is 9.84 Å². The van der Waals surface area contributed by atoms with Gasteiger partial charge in [-0.1, -0.05) is 6.07 Å². The molecule has 226 valence electrons. The summed E-state index contributed by atoms with van der Waals surface area (Å²) in [5.41, 5.74) is 1.35. The van der Waals surface area contributed by atoms with Crippen LogP contribution in [0.5, 0.6) is 5.75 Å². The van der Waals surface area contributed by atoms with Crippen molar-refractivity contribution < 1.29 is 32.4 Å². The number of aliphatic hydroxyl groups is 1. The molecule has 1 aromatic carbocycles. The second kappa shape index (κ2) is 13.6. The third kappa shape index (κ3) is 7.43. The summed E-state index contributed by atoms with van der Waals surface area (Å²) < 4.78 is 59.9. The van der Waals surface area contributed by atoms with Gasteiger partial charge in [0.25, 0.3) is 5.91 Å². The normalized spacial score (nSPS) is 11.4. The number of anilines is 4. The number of carbonyl (C=O) groups is 1. The van der Waals surface area contributed by atoms with Gasteiger partial charge in [0.1, 0.15) is 17.1 Å². The van der Waals surface area contributed by atoms with E-state index in [1.165, 1.54) is 20.2 Å². The molecule has 1 amide bonds. The van der Waals surface area contributed by atoms with Crippen LogP contribution < -0.4 is 20.7 Å². The second-order valence-electron chi connectivity index (χ2n) is 9.17. The number of benzene rings is 1. The molecule has 0 unspecified atom stereocenters. The van der Waals surface area contributed by atoms with E-state index in [9.17, 15) is 22.5 Å². The number of aryl methyl sites for hydroxylation is 2. The molecule has 0 fully saturated rings. The SMILES string of the molecule is CNC(=O)c1nc(-c2cn(CCCO)nc2C)ccc1Nc1nc(Nc2ccc(CP=O)cc2OC)ncc1C(F)(F)F. The molecule has 0 aliphatic rings. The van der Waals surface area contributed by atoms with Crippen LogP contribution in [0.15, 0.2) is 42.7 Å². The van der Waals surface area contributed by atoms with Gasteiger partial charge in [-0.15, -0.1) is 0 Å². The summed E-state index contributed by atoms with van der Waals surface area (Å²) in [4.78, 5) is 25.1. The van der Waals surface area contributed by atoms with Crippen LogP contribution in [0.1, 0.15) is 33.7 Å². The standard InChI is InChI=1S/C27H28F3N8O4P/c1-15-17(13-38(37-15)9-4-10-39)19-7-8-21(23(33-19)25(40)31-2)34-24-18(27(28,29)30)12-32-26(36-24)35-20-6-5-16(14-43-41)11-22(20)42-3/h5-8,11-13,39H,4,9-10,14H2,1-3H3,(H,31,40)(H2,32,34,35,36). The highest BCUT2D eigenvalue weighted by atomic mass is 31.1. The monoisotopic (exact) mass is 616 g/mol. The third-order valence-electron chi connectivity index (χ3n) is 6.21.